The molecule has 2 aromatic carbocycles. The van der Waals surface area contributed by atoms with E-state index in [2.05, 4.69) is 0 Å². The molecular weight excluding hydrogens is 340 g/mol. The average molecular weight is 347 g/mol. The van der Waals surface area contributed by atoms with Gasteiger partial charge in [0.1, 0.15) is 6.61 Å². The number of rotatable bonds is 3. The lowest BCUT2D eigenvalue weighted by Crippen LogP contribution is -1.98. The van der Waals surface area contributed by atoms with E-state index in [1.807, 2.05) is 6.07 Å². The maximum absolute atomic E-state index is 8.77. The minimum absolute atomic E-state index is 0.186. The highest BCUT2D eigenvalue weighted by Crippen LogP contribution is 2.36. The van der Waals surface area contributed by atoms with Crippen LogP contribution >= 0.6 is 46.4 Å². The highest BCUT2D eigenvalue weighted by atomic mass is 35.5. The summed E-state index contributed by atoms with van der Waals surface area (Å²) >= 11 is 23.9. The summed E-state index contributed by atoms with van der Waals surface area (Å²) in [6, 6.07) is 10.1. The summed E-state index contributed by atoms with van der Waals surface area (Å²) in [7, 11) is 0. The van der Waals surface area contributed by atoms with Gasteiger partial charge >= 0.3 is 0 Å². The van der Waals surface area contributed by atoms with Crippen molar-refractivity contribution in [1.29, 1.82) is 5.26 Å². The molecule has 0 aliphatic heterocycles. The van der Waals surface area contributed by atoms with Crippen molar-refractivity contribution < 1.29 is 4.74 Å². The Labute approximate surface area is 136 Å². The standard InChI is InChI=1S/C14H7Cl4NO/c15-10-4-12(17)14(13(18)5-10)20-7-9-2-1-8(6-19)3-11(9)16/h1-5H,7H2. The second kappa shape index (κ2) is 6.56. The Morgan fingerprint density at radius 1 is 0.950 bits per heavy atom. The van der Waals surface area contributed by atoms with Gasteiger partial charge in [-0.05, 0) is 24.3 Å². The van der Waals surface area contributed by atoms with Crippen LogP contribution in [0.1, 0.15) is 11.1 Å². The summed E-state index contributed by atoms with van der Waals surface area (Å²) in [5.74, 6) is 0.346. The first-order valence-corrected chi connectivity index (χ1v) is 6.98. The molecule has 0 aliphatic rings. The van der Waals surface area contributed by atoms with Crippen LogP contribution in [0, 0.1) is 11.3 Å². The Morgan fingerprint density at radius 2 is 1.60 bits per heavy atom. The Kier molecular flexibility index (Phi) is 5.01. The van der Waals surface area contributed by atoms with Gasteiger partial charge in [0.05, 0.1) is 21.7 Å². The third-order valence-electron chi connectivity index (χ3n) is 2.52. The molecule has 0 spiro atoms. The highest BCUT2D eigenvalue weighted by molar-refractivity contribution is 6.40. The number of benzene rings is 2. The summed E-state index contributed by atoms with van der Waals surface area (Å²) in [5, 5.41) is 10.3. The molecule has 0 N–H and O–H groups in total. The van der Waals surface area contributed by atoms with Crippen molar-refractivity contribution in [3.8, 4) is 11.8 Å². The van der Waals surface area contributed by atoms with Gasteiger partial charge in [-0.2, -0.15) is 5.26 Å². The summed E-state index contributed by atoms with van der Waals surface area (Å²) in [4.78, 5) is 0. The van der Waals surface area contributed by atoms with Crippen molar-refractivity contribution >= 4 is 46.4 Å². The molecule has 2 nitrogen and oxygen atoms in total. The highest BCUT2D eigenvalue weighted by Gasteiger charge is 2.10. The minimum Gasteiger partial charge on any atom is -0.486 e. The van der Waals surface area contributed by atoms with Crippen molar-refractivity contribution in [3.63, 3.8) is 0 Å². The van der Waals surface area contributed by atoms with Gasteiger partial charge in [-0.1, -0.05) is 52.5 Å². The second-order valence-corrected chi connectivity index (χ2v) is 5.56. The van der Waals surface area contributed by atoms with E-state index in [1.165, 1.54) is 0 Å². The molecule has 0 unspecified atom stereocenters. The molecule has 0 atom stereocenters. The van der Waals surface area contributed by atoms with Gasteiger partial charge < -0.3 is 4.74 Å². The van der Waals surface area contributed by atoms with Crippen LogP contribution < -0.4 is 4.74 Å². The number of ether oxygens (including phenoxy) is 1. The monoisotopic (exact) mass is 345 g/mol. The van der Waals surface area contributed by atoms with E-state index in [0.29, 0.717) is 31.4 Å². The zero-order valence-corrected chi connectivity index (χ0v) is 13.0. The molecule has 0 radical (unpaired) electrons. The fourth-order valence-corrected chi connectivity index (χ4v) is 2.71. The van der Waals surface area contributed by atoms with Gasteiger partial charge in [-0.3, -0.25) is 0 Å². The third kappa shape index (κ3) is 3.50. The van der Waals surface area contributed by atoms with E-state index in [0.717, 1.165) is 5.56 Å². The largest absolute Gasteiger partial charge is 0.486 e. The number of hydrogen-bond donors (Lipinski definition) is 0. The van der Waals surface area contributed by atoms with Crippen LogP contribution in [0.4, 0.5) is 0 Å². The topological polar surface area (TPSA) is 33.0 Å². The Hall–Kier alpha value is -1.11. The van der Waals surface area contributed by atoms with Crippen LogP contribution in [0.25, 0.3) is 0 Å². The first-order valence-electron chi connectivity index (χ1n) is 5.47. The summed E-state index contributed by atoms with van der Waals surface area (Å²) in [5.41, 5.74) is 1.22. The number of halogens is 4. The number of hydrogen-bond acceptors (Lipinski definition) is 2. The maximum atomic E-state index is 8.77. The average Bonchev–Trinajstić information content (AvgIpc) is 2.39. The molecular formula is C14H7Cl4NO. The second-order valence-electron chi connectivity index (χ2n) is 3.91. The van der Waals surface area contributed by atoms with Crippen molar-refractivity contribution in [3.05, 3.63) is 61.5 Å². The molecule has 0 aliphatic carbocycles. The quantitative estimate of drug-likeness (QED) is 0.708. The zero-order valence-electron chi connectivity index (χ0n) is 9.96. The molecule has 0 saturated heterocycles. The minimum atomic E-state index is 0.186. The lowest BCUT2D eigenvalue weighted by atomic mass is 10.1. The van der Waals surface area contributed by atoms with Crippen LogP contribution in [-0.2, 0) is 6.61 Å². The Balaban J connectivity index is 2.20. The smallest absolute Gasteiger partial charge is 0.157 e. The normalized spacial score (nSPS) is 10.2. The molecule has 0 heterocycles. The fraction of sp³-hybridized carbons (Fsp3) is 0.0714. The van der Waals surface area contributed by atoms with Crippen LogP contribution in [0.3, 0.4) is 0 Å². The first kappa shape index (κ1) is 15.3. The Bertz CT molecular complexity index is 671. The summed E-state index contributed by atoms with van der Waals surface area (Å²) in [6.45, 7) is 0.186. The van der Waals surface area contributed by atoms with Crippen molar-refractivity contribution in [2.75, 3.05) is 0 Å². The molecule has 0 saturated carbocycles. The third-order valence-corrected chi connectivity index (χ3v) is 3.65. The van der Waals surface area contributed by atoms with Gasteiger partial charge in [0.2, 0.25) is 0 Å². The van der Waals surface area contributed by atoms with Crippen molar-refractivity contribution in [2.24, 2.45) is 0 Å². The molecule has 20 heavy (non-hydrogen) atoms. The first-order chi connectivity index (χ1) is 9.51. The van der Waals surface area contributed by atoms with Crippen molar-refractivity contribution in [1.82, 2.24) is 0 Å². The summed E-state index contributed by atoms with van der Waals surface area (Å²) in [6.07, 6.45) is 0. The van der Waals surface area contributed by atoms with Gasteiger partial charge in [0.15, 0.2) is 5.75 Å². The number of nitriles is 1. The summed E-state index contributed by atoms with van der Waals surface area (Å²) < 4.78 is 5.57. The molecule has 102 valence electrons. The van der Waals surface area contributed by atoms with Gasteiger partial charge in [0, 0.05) is 15.6 Å². The van der Waals surface area contributed by atoms with E-state index < -0.39 is 0 Å². The molecule has 0 aromatic heterocycles. The molecule has 6 heteroatoms. The van der Waals surface area contributed by atoms with E-state index in [-0.39, 0.29) is 6.61 Å². The lowest BCUT2D eigenvalue weighted by molar-refractivity contribution is 0.306. The molecule has 2 aromatic rings. The predicted octanol–water partition coefficient (Wildman–Crippen LogP) is 5.75. The van der Waals surface area contributed by atoms with E-state index in [4.69, 9.17) is 56.4 Å². The SMILES string of the molecule is N#Cc1ccc(COc2c(Cl)cc(Cl)cc2Cl)c(Cl)c1. The van der Waals surface area contributed by atoms with Gasteiger partial charge in [0.25, 0.3) is 0 Å². The van der Waals surface area contributed by atoms with Crippen LogP contribution in [-0.4, -0.2) is 0 Å². The van der Waals surface area contributed by atoms with Crippen LogP contribution in [0.15, 0.2) is 30.3 Å². The Morgan fingerprint density at radius 3 is 2.15 bits per heavy atom. The van der Waals surface area contributed by atoms with Crippen LogP contribution in [0.2, 0.25) is 20.1 Å². The number of nitrogens with zero attached hydrogens (tertiary/aromatic N) is 1. The fourth-order valence-electron chi connectivity index (χ4n) is 1.55. The van der Waals surface area contributed by atoms with Gasteiger partial charge in [-0.25, -0.2) is 0 Å². The van der Waals surface area contributed by atoms with Crippen LogP contribution in [0.5, 0.6) is 5.75 Å². The molecule has 0 fully saturated rings. The van der Waals surface area contributed by atoms with Gasteiger partial charge in [-0.15, -0.1) is 0 Å². The molecule has 2 rings (SSSR count). The van der Waals surface area contributed by atoms with Crippen molar-refractivity contribution in [2.45, 2.75) is 6.61 Å². The molecule has 0 amide bonds. The molecule has 0 bridgehead atoms. The predicted molar refractivity (Wildman–Crippen MR) is 82.0 cm³/mol. The lowest BCUT2D eigenvalue weighted by Gasteiger charge is -2.11. The van der Waals surface area contributed by atoms with E-state index >= 15 is 0 Å². The van der Waals surface area contributed by atoms with E-state index in [9.17, 15) is 0 Å². The maximum Gasteiger partial charge on any atom is 0.157 e. The zero-order chi connectivity index (χ0) is 14.7. The van der Waals surface area contributed by atoms with E-state index in [1.54, 1.807) is 30.3 Å².